The van der Waals surface area contributed by atoms with Crippen LogP contribution < -0.4 is 16.4 Å². The fourth-order valence-electron chi connectivity index (χ4n) is 1.79. The van der Waals surface area contributed by atoms with Gasteiger partial charge in [-0.3, -0.25) is 0 Å². The molecule has 0 aliphatic heterocycles. The summed E-state index contributed by atoms with van der Waals surface area (Å²) in [7, 11) is 1.66. The fraction of sp³-hybridized carbons (Fsp3) is 0.286. The van der Waals surface area contributed by atoms with Crippen molar-refractivity contribution in [1.82, 2.24) is 9.97 Å². The average molecular weight is 273 g/mol. The Labute approximate surface area is 118 Å². The van der Waals surface area contributed by atoms with Gasteiger partial charge < -0.3 is 21.1 Å². The standard InChI is InChI=1S/C14H19N5O/c1-10(8-20-2)18-13-12(15)14(17-9-16-13)19-11-6-4-3-5-7-11/h3-7,9-10H,8,15H2,1-2H3,(H2,16,17,18,19). The van der Waals surface area contributed by atoms with E-state index in [1.54, 1.807) is 7.11 Å². The average Bonchev–Trinajstić information content (AvgIpc) is 2.45. The van der Waals surface area contributed by atoms with Crippen LogP contribution in [0.5, 0.6) is 0 Å². The van der Waals surface area contributed by atoms with Crippen molar-refractivity contribution >= 4 is 23.0 Å². The molecule has 1 aromatic heterocycles. The first-order chi connectivity index (χ1) is 9.70. The first-order valence-corrected chi connectivity index (χ1v) is 6.38. The Hall–Kier alpha value is -2.34. The molecule has 6 heteroatoms. The molecule has 1 aromatic carbocycles. The van der Waals surface area contributed by atoms with Gasteiger partial charge in [-0.2, -0.15) is 0 Å². The molecule has 0 aliphatic rings. The van der Waals surface area contributed by atoms with Gasteiger partial charge in [0, 0.05) is 18.8 Å². The summed E-state index contributed by atoms with van der Waals surface area (Å²) in [4.78, 5) is 8.33. The van der Waals surface area contributed by atoms with Crippen molar-refractivity contribution < 1.29 is 4.74 Å². The first kappa shape index (κ1) is 14.1. The maximum absolute atomic E-state index is 6.08. The SMILES string of the molecule is COCC(C)Nc1ncnc(Nc2ccccc2)c1N. The molecule has 4 N–H and O–H groups in total. The summed E-state index contributed by atoms with van der Waals surface area (Å²) in [6.07, 6.45) is 1.48. The highest BCUT2D eigenvalue weighted by atomic mass is 16.5. The van der Waals surface area contributed by atoms with Gasteiger partial charge in [0.15, 0.2) is 11.6 Å². The minimum Gasteiger partial charge on any atom is -0.393 e. The second-order valence-electron chi connectivity index (χ2n) is 4.48. The lowest BCUT2D eigenvalue weighted by Gasteiger charge is -2.16. The number of methoxy groups -OCH3 is 1. The van der Waals surface area contributed by atoms with Crippen LogP contribution in [0.25, 0.3) is 0 Å². The summed E-state index contributed by atoms with van der Waals surface area (Å²) in [5.41, 5.74) is 7.50. The van der Waals surface area contributed by atoms with Crippen LogP contribution in [0.4, 0.5) is 23.0 Å². The number of anilines is 4. The van der Waals surface area contributed by atoms with Crippen LogP contribution in [0, 0.1) is 0 Å². The maximum atomic E-state index is 6.08. The van der Waals surface area contributed by atoms with Crippen molar-refractivity contribution in [3.63, 3.8) is 0 Å². The smallest absolute Gasteiger partial charge is 0.159 e. The molecule has 6 nitrogen and oxygen atoms in total. The Morgan fingerprint density at radius 2 is 1.90 bits per heavy atom. The molecule has 0 bridgehead atoms. The number of para-hydroxylation sites is 1. The quantitative estimate of drug-likeness (QED) is 0.748. The van der Waals surface area contributed by atoms with Gasteiger partial charge in [0.05, 0.1) is 6.61 Å². The number of nitrogens with two attached hydrogens (primary N) is 1. The molecule has 2 rings (SSSR count). The minimum atomic E-state index is 0.113. The van der Waals surface area contributed by atoms with Gasteiger partial charge >= 0.3 is 0 Å². The number of benzene rings is 1. The Bertz CT molecular complexity index is 547. The summed E-state index contributed by atoms with van der Waals surface area (Å²) in [5, 5.41) is 6.37. The van der Waals surface area contributed by atoms with Gasteiger partial charge in [-0.05, 0) is 19.1 Å². The van der Waals surface area contributed by atoms with Crippen molar-refractivity contribution in [2.24, 2.45) is 0 Å². The lowest BCUT2D eigenvalue weighted by Crippen LogP contribution is -2.22. The van der Waals surface area contributed by atoms with Crippen molar-refractivity contribution in [2.75, 3.05) is 30.1 Å². The van der Waals surface area contributed by atoms with E-state index >= 15 is 0 Å². The van der Waals surface area contributed by atoms with Gasteiger partial charge in [0.1, 0.15) is 12.0 Å². The van der Waals surface area contributed by atoms with E-state index in [0.29, 0.717) is 23.9 Å². The van der Waals surface area contributed by atoms with E-state index < -0.39 is 0 Å². The largest absolute Gasteiger partial charge is 0.393 e. The zero-order valence-electron chi connectivity index (χ0n) is 11.6. The van der Waals surface area contributed by atoms with Crippen LogP contribution in [-0.4, -0.2) is 29.7 Å². The number of ether oxygens (including phenoxy) is 1. The van der Waals surface area contributed by atoms with Crippen molar-refractivity contribution in [2.45, 2.75) is 13.0 Å². The molecule has 20 heavy (non-hydrogen) atoms. The molecule has 2 aromatic rings. The Kier molecular flexibility index (Phi) is 4.73. The summed E-state index contributed by atoms with van der Waals surface area (Å²) in [5.74, 6) is 1.18. The number of hydrogen-bond donors (Lipinski definition) is 3. The molecule has 0 radical (unpaired) electrons. The van der Waals surface area contributed by atoms with Crippen molar-refractivity contribution in [3.8, 4) is 0 Å². The molecule has 1 atom stereocenters. The third kappa shape index (κ3) is 3.58. The first-order valence-electron chi connectivity index (χ1n) is 6.38. The second kappa shape index (κ2) is 6.72. The summed E-state index contributed by atoms with van der Waals surface area (Å²) < 4.78 is 5.08. The fourth-order valence-corrected chi connectivity index (χ4v) is 1.79. The molecule has 0 fully saturated rings. The summed E-state index contributed by atoms with van der Waals surface area (Å²) in [6.45, 7) is 2.57. The minimum absolute atomic E-state index is 0.113. The number of rotatable bonds is 6. The lowest BCUT2D eigenvalue weighted by molar-refractivity contribution is 0.190. The molecular formula is C14H19N5O. The normalized spacial score (nSPS) is 11.9. The van der Waals surface area contributed by atoms with Gasteiger partial charge in [0.25, 0.3) is 0 Å². The van der Waals surface area contributed by atoms with E-state index in [4.69, 9.17) is 10.5 Å². The van der Waals surface area contributed by atoms with Gasteiger partial charge in [-0.15, -0.1) is 0 Å². The Balaban J connectivity index is 2.15. The number of nitrogens with zero attached hydrogens (tertiary/aromatic N) is 2. The van der Waals surface area contributed by atoms with Crippen LogP contribution in [0.2, 0.25) is 0 Å². The van der Waals surface area contributed by atoms with Gasteiger partial charge in [-0.25, -0.2) is 9.97 Å². The van der Waals surface area contributed by atoms with E-state index in [-0.39, 0.29) is 6.04 Å². The van der Waals surface area contributed by atoms with Crippen LogP contribution in [0.1, 0.15) is 6.92 Å². The maximum Gasteiger partial charge on any atom is 0.159 e. The highest BCUT2D eigenvalue weighted by Gasteiger charge is 2.10. The van der Waals surface area contributed by atoms with Crippen LogP contribution >= 0.6 is 0 Å². The van der Waals surface area contributed by atoms with Gasteiger partial charge in [0.2, 0.25) is 0 Å². The van der Waals surface area contributed by atoms with E-state index in [1.807, 2.05) is 37.3 Å². The van der Waals surface area contributed by atoms with E-state index in [0.717, 1.165) is 5.69 Å². The lowest BCUT2D eigenvalue weighted by atomic mass is 10.3. The molecule has 1 heterocycles. The van der Waals surface area contributed by atoms with Crippen LogP contribution in [-0.2, 0) is 4.74 Å². The number of nitrogen functional groups attached to an aromatic ring is 1. The van der Waals surface area contributed by atoms with E-state index in [2.05, 4.69) is 20.6 Å². The van der Waals surface area contributed by atoms with Crippen molar-refractivity contribution in [3.05, 3.63) is 36.7 Å². The molecule has 0 saturated carbocycles. The van der Waals surface area contributed by atoms with Crippen molar-refractivity contribution in [1.29, 1.82) is 0 Å². The van der Waals surface area contributed by atoms with Gasteiger partial charge in [-0.1, -0.05) is 18.2 Å². The van der Waals surface area contributed by atoms with E-state index in [9.17, 15) is 0 Å². The van der Waals surface area contributed by atoms with Crippen LogP contribution in [0.15, 0.2) is 36.7 Å². The number of nitrogens with one attached hydrogen (secondary N) is 2. The topological polar surface area (TPSA) is 85.1 Å². The highest BCUT2D eigenvalue weighted by Crippen LogP contribution is 2.25. The second-order valence-corrected chi connectivity index (χ2v) is 4.48. The predicted octanol–water partition coefficient (Wildman–Crippen LogP) is 2.25. The molecule has 0 saturated heterocycles. The predicted molar refractivity (Wildman–Crippen MR) is 81.1 cm³/mol. The molecule has 106 valence electrons. The Morgan fingerprint density at radius 1 is 1.20 bits per heavy atom. The number of hydrogen-bond acceptors (Lipinski definition) is 6. The Morgan fingerprint density at radius 3 is 2.60 bits per heavy atom. The molecule has 0 spiro atoms. The summed E-state index contributed by atoms with van der Waals surface area (Å²) in [6, 6.07) is 9.85. The molecular weight excluding hydrogens is 254 g/mol. The molecule has 1 unspecified atom stereocenters. The third-order valence-corrected chi connectivity index (χ3v) is 2.72. The van der Waals surface area contributed by atoms with E-state index in [1.165, 1.54) is 6.33 Å². The number of aromatic nitrogens is 2. The third-order valence-electron chi connectivity index (χ3n) is 2.72. The monoisotopic (exact) mass is 273 g/mol. The molecule has 0 amide bonds. The zero-order chi connectivity index (χ0) is 14.4. The zero-order valence-corrected chi connectivity index (χ0v) is 11.6. The highest BCUT2D eigenvalue weighted by molar-refractivity contribution is 5.77. The summed E-state index contributed by atoms with van der Waals surface area (Å²) >= 11 is 0. The van der Waals surface area contributed by atoms with Crippen LogP contribution in [0.3, 0.4) is 0 Å². The molecule has 0 aliphatic carbocycles.